The number of amides is 1. The van der Waals surface area contributed by atoms with Gasteiger partial charge in [0.25, 0.3) is 5.91 Å². The fraction of sp³-hybridized carbons (Fsp3) is 0.404. The lowest BCUT2D eigenvalue weighted by Crippen LogP contribution is -2.39. The maximum absolute atomic E-state index is 13.2. The largest absolute Gasteiger partial charge is 0.466 e. The van der Waals surface area contributed by atoms with E-state index >= 15 is 0 Å². The number of methoxy groups -OCH3 is 3. The summed E-state index contributed by atoms with van der Waals surface area (Å²) < 4.78 is 14.4. The van der Waals surface area contributed by atoms with Gasteiger partial charge in [-0.1, -0.05) is 78.7 Å². The predicted molar refractivity (Wildman–Crippen MR) is 276 cm³/mol. The van der Waals surface area contributed by atoms with Gasteiger partial charge in [-0.2, -0.15) is 0 Å². The molecule has 1 saturated heterocycles. The molecule has 70 heavy (non-hydrogen) atoms. The molecule has 6 aliphatic heterocycles. The first-order chi connectivity index (χ1) is 33.7. The average molecular weight is 949 g/mol. The van der Waals surface area contributed by atoms with Crippen LogP contribution in [0.3, 0.4) is 0 Å². The summed E-state index contributed by atoms with van der Waals surface area (Å²) in [6.07, 6.45) is 3.73. The smallest absolute Gasteiger partial charge is 0.384 e. The summed E-state index contributed by atoms with van der Waals surface area (Å²) in [6, 6.07) is 34.7. The Labute approximate surface area is 414 Å². The van der Waals surface area contributed by atoms with E-state index in [1.165, 1.54) is 56.8 Å². The number of esters is 3. The number of hydrogen-bond acceptors (Lipinski definition) is 12. The third-order valence-electron chi connectivity index (χ3n) is 15.0. The van der Waals surface area contributed by atoms with Crippen molar-refractivity contribution >= 4 is 40.9 Å². The Kier molecular flexibility index (Phi) is 16.1. The van der Waals surface area contributed by atoms with Crippen molar-refractivity contribution in [2.24, 2.45) is 0 Å². The fourth-order valence-corrected chi connectivity index (χ4v) is 11.5. The number of anilines is 3. The van der Waals surface area contributed by atoms with Crippen LogP contribution in [0.1, 0.15) is 84.8 Å². The number of carbonyl (C=O) groups excluding carboxylic acids is 4. The second-order valence-electron chi connectivity index (χ2n) is 18.6. The van der Waals surface area contributed by atoms with E-state index in [2.05, 4.69) is 123 Å². The Hall–Kier alpha value is -7.04. The Morgan fingerprint density at radius 3 is 1.46 bits per heavy atom. The number of ether oxygens (including phenoxy) is 3. The van der Waals surface area contributed by atoms with Crippen LogP contribution in [0.5, 0.6) is 0 Å². The number of benzene rings is 4. The predicted octanol–water partition coefficient (Wildman–Crippen LogP) is 8.02. The normalized spacial score (nSPS) is 22.5. The minimum Gasteiger partial charge on any atom is -0.466 e. The van der Waals surface area contributed by atoms with E-state index in [4.69, 9.17) is 9.47 Å². The molecule has 368 valence electrons. The summed E-state index contributed by atoms with van der Waals surface area (Å²) in [5.41, 5.74) is 11.6. The van der Waals surface area contributed by atoms with Crippen LogP contribution in [0.15, 0.2) is 126 Å². The second kappa shape index (κ2) is 22.1. The number of rotatable bonds is 3. The first kappa shape index (κ1) is 50.8. The quantitative estimate of drug-likeness (QED) is 0.0858. The Balaban J connectivity index is 0.000000151. The van der Waals surface area contributed by atoms with Gasteiger partial charge < -0.3 is 38.7 Å². The third-order valence-corrected chi connectivity index (χ3v) is 15.0. The summed E-state index contributed by atoms with van der Waals surface area (Å²) >= 11 is 0. The highest BCUT2D eigenvalue weighted by molar-refractivity contribution is 5.98. The van der Waals surface area contributed by atoms with Crippen LogP contribution in [0.2, 0.25) is 0 Å². The van der Waals surface area contributed by atoms with Crippen molar-refractivity contribution in [1.29, 1.82) is 0 Å². The van der Waals surface area contributed by atoms with Gasteiger partial charge in [0, 0.05) is 106 Å². The molecule has 1 amide bonds. The van der Waals surface area contributed by atoms with Crippen LogP contribution in [0.4, 0.5) is 17.1 Å². The second-order valence-corrected chi connectivity index (χ2v) is 18.6. The van der Waals surface area contributed by atoms with Gasteiger partial charge in [0.15, 0.2) is 0 Å². The molecule has 6 atom stereocenters. The maximum Gasteiger partial charge on any atom is 0.384 e. The van der Waals surface area contributed by atoms with E-state index in [1.54, 1.807) is 29.5 Å². The monoisotopic (exact) mass is 949 g/mol. The first-order valence-corrected chi connectivity index (χ1v) is 24.0. The molecule has 0 radical (unpaired) electrons. The summed E-state index contributed by atoms with van der Waals surface area (Å²) in [5, 5.41) is 0. The van der Waals surface area contributed by atoms with Gasteiger partial charge in [0.1, 0.15) is 0 Å². The molecule has 0 bridgehead atoms. The zero-order valence-corrected chi connectivity index (χ0v) is 42.6. The molecule has 0 aromatic heterocycles. The number of hydrogen-bond donors (Lipinski definition) is 0. The molecule has 13 nitrogen and oxygen atoms in total. The molecule has 1 fully saturated rings. The van der Waals surface area contributed by atoms with Gasteiger partial charge in [-0.3, -0.25) is 9.69 Å². The Bertz CT molecular complexity index is 2710. The van der Waals surface area contributed by atoms with E-state index in [1.807, 2.05) is 58.3 Å². The van der Waals surface area contributed by atoms with Crippen molar-refractivity contribution < 1.29 is 33.4 Å². The van der Waals surface area contributed by atoms with Crippen LogP contribution in [0.25, 0.3) is 0 Å². The molecule has 0 saturated carbocycles. The SMILES string of the molecule is CC#CC(=O)OC.CN1CCC2c3ccccc3N(C)C21.COC(=O)C1=C(C)N(C(=O)c2ccccc2)CCC2c3ccccc3N(C)C12.COC(=O)C1=C(C)N(C)CCC2c3ccccc3N(C)C12. The minimum absolute atomic E-state index is 0.0693. The Morgan fingerprint density at radius 1 is 0.529 bits per heavy atom. The maximum atomic E-state index is 13.2. The molecule has 13 heteroatoms. The van der Waals surface area contributed by atoms with Gasteiger partial charge in [-0.15, -0.1) is 0 Å². The van der Waals surface area contributed by atoms with E-state index in [0.29, 0.717) is 35.5 Å². The number of carbonyl (C=O) groups is 4. The molecule has 10 rings (SSSR count). The number of likely N-dealkylation sites (N-methyl/N-ethyl adjacent to an activating group) is 4. The van der Waals surface area contributed by atoms with Gasteiger partial charge in [-0.25, -0.2) is 14.4 Å². The standard InChI is InChI=1S/C23H24N2O3.C17H22N2O2.C12H16N2.C5H6O2/c1-15-20(23(27)28-3)21-18(17-11-7-8-12-19(17)24(21)2)13-14-25(15)22(26)16-9-5-4-6-10-16;1-11-15(17(20)21-4)16-13(9-10-18(11)2)12-7-5-6-8-14(12)19(16)3;1-13-8-7-10-9-5-3-4-6-11(9)14(2)12(10)13;1-3-4-5(6)7-2/h4-12,18,21H,13-14H2,1-3H3;5-8,13,16H,9-10H2,1-4H3;3-6,10,12H,7-8H2,1-2H3;1-2H3. The molecular weight excluding hydrogens is 881 g/mol. The van der Waals surface area contributed by atoms with Crippen LogP contribution in [-0.2, 0) is 28.6 Å². The van der Waals surface area contributed by atoms with Crippen molar-refractivity contribution in [3.8, 4) is 11.8 Å². The number of para-hydroxylation sites is 3. The van der Waals surface area contributed by atoms with E-state index in [-0.39, 0.29) is 35.8 Å². The van der Waals surface area contributed by atoms with Crippen molar-refractivity contribution in [3.63, 3.8) is 0 Å². The van der Waals surface area contributed by atoms with Crippen LogP contribution >= 0.6 is 0 Å². The van der Waals surface area contributed by atoms with Gasteiger partial charge >= 0.3 is 17.9 Å². The molecule has 4 aromatic carbocycles. The van der Waals surface area contributed by atoms with Crippen molar-refractivity contribution in [2.75, 3.05) is 90.9 Å². The van der Waals surface area contributed by atoms with Crippen molar-refractivity contribution in [3.05, 3.63) is 148 Å². The highest BCUT2D eigenvalue weighted by Crippen LogP contribution is 2.49. The molecule has 0 spiro atoms. The van der Waals surface area contributed by atoms with E-state index in [0.717, 1.165) is 42.3 Å². The third kappa shape index (κ3) is 9.75. The number of nitrogens with zero attached hydrogens (tertiary/aromatic N) is 6. The molecule has 0 aliphatic carbocycles. The van der Waals surface area contributed by atoms with Crippen LogP contribution in [-0.4, -0.2) is 133 Å². The fourth-order valence-electron chi connectivity index (χ4n) is 11.5. The molecule has 4 aromatic rings. The Morgan fingerprint density at radius 2 is 0.971 bits per heavy atom. The molecular formula is C57H68N6O7. The number of likely N-dealkylation sites (tertiary alicyclic amines) is 1. The summed E-state index contributed by atoms with van der Waals surface area (Å²) in [5.74, 6) is 4.64. The summed E-state index contributed by atoms with van der Waals surface area (Å²) in [7, 11) is 14.7. The topological polar surface area (TPSA) is 115 Å². The molecule has 6 unspecified atom stereocenters. The van der Waals surface area contributed by atoms with E-state index < -0.39 is 5.97 Å². The first-order valence-electron chi connectivity index (χ1n) is 24.0. The highest BCUT2D eigenvalue weighted by atomic mass is 16.5. The zero-order valence-electron chi connectivity index (χ0n) is 42.6. The average Bonchev–Trinajstić information content (AvgIpc) is 4.02. The van der Waals surface area contributed by atoms with Crippen molar-refractivity contribution in [1.82, 2.24) is 14.7 Å². The van der Waals surface area contributed by atoms with Gasteiger partial charge in [-0.05, 0) is 94.1 Å². The summed E-state index contributed by atoms with van der Waals surface area (Å²) in [4.78, 5) is 61.6. The number of allylic oxidation sites excluding steroid dienone is 2. The molecule has 0 N–H and O–H groups in total. The lowest BCUT2D eigenvalue weighted by molar-refractivity contribution is -0.137. The van der Waals surface area contributed by atoms with Crippen LogP contribution < -0.4 is 14.7 Å². The minimum atomic E-state index is -0.484. The van der Waals surface area contributed by atoms with Gasteiger partial charge in [0.05, 0.1) is 50.7 Å². The summed E-state index contributed by atoms with van der Waals surface area (Å²) in [6.45, 7) is 8.20. The molecule has 6 aliphatic rings. The van der Waals surface area contributed by atoms with Crippen LogP contribution in [0, 0.1) is 11.8 Å². The zero-order chi connectivity index (χ0) is 50.4. The van der Waals surface area contributed by atoms with E-state index in [9.17, 15) is 19.2 Å². The van der Waals surface area contributed by atoms with Gasteiger partial charge in [0.2, 0.25) is 0 Å². The van der Waals surface area contributed by atoms with Crippen molar-refractivity contribution in [2.45, 2.75) is 76.0 Å². The lowest BCUT2D eigenvalue weighted by Gasteiger charge is -2.28. The molecule has 6 heterocycles. The lowest BCUT2D eigenvalue weighted by atomic mass is 9.88. The number of fused-ring (bicyclic) bond motifs is 9. The highest BCUT2D eigenvalue weighted by Gasteiger charge is 2.46.